The topological polar surface area (TPSA) is 46.3 Å². The lowest BCUT2D eigenvalue weighted by Gasteiger charge is -2.08. The minimum Gasteiger partial charge on any atom is -0.399 e. The maximum atomic E-state index is 12.6. The smallest absolute Gasteiger partial charge is 0.399 e. The lowest BCUT2D eigenvalue weighted by molar-refractivity contribution is -0.137. The highest BCUT2D eigenvalue weighted by atomic mass is 19.4. The predicted molar refractivity (Wildman–Crippen MR) is 83.6 cm³/mol. The van der Waals surface area contributed by atoms with Crippen molar-refractivity contribution in [1.82, 2.24) is 0 Å². The standard InChI is InChI=1S/C17H13F3N2O/c1-22-15-7-6-12(21)9-13(15)14(16(22)23)8-10-2-4-11(5-3-10)17(18,19)20/h2-9H,21H2,1H3. The third kappa shape index (κ3) is 2.67. The number of nitrogen functional groups attached to an aromatic ring is 1. The molecular weight excluding hydrogens is 305 g/mol. The Balaban J connectivity index is 2.03. The van der Waals surface area contributed by atoms with E-state index >= 15 is 0 Å². The van der Waals surface area contributed by atoms with Crippen LogP contribution in [0.3, 0.4) is 0 Å². The van der Waals surface area contributed by atoms with Crippen LogP contribution in [0, 0.1) is 0 Å². The first kappa shape index (κ1) is 15.1. The first-order valence-electron chi connectivity index (χ1n) is 6.84. The zero-order chi connectivity index (χ0) is 16.8. The molecule has 0 bridgehead atoms. The summed E-state index contributed by atoms with van der Waals surface area (Å²) in [4.78, 5) is 13.8. The third-order valence-electron chi connectivity index (χ3n) is 3.76. The third-order valence-corrected chi connectivity index (χ3v) is 3.76. The van der Waals surface area contributed by atoms with E-state index in [9.17, 15) is 18.0 Å². The number of amides is 1. The van der Waals surface area contributed by atoms with Crippen LogP contribution in [0.1, 0.15) is 16.7 Å². The second kappa shape index (κ2) is 5.15. The predicted octanol–water partition coefficient (Wildman–Crippen LogP) is 3.80. The van der Waals surface area contributed by atoms with Gasteiger partial charge in [0.15, 0.2) is 0 Å². The van der Waals surface area contributed by atoms with Gasteiger partial charge in [-0.15, -0.1) is 0 Å². The van der Waals surface area contributed by atoms with Crippen LogP contribution < -0.4 is 10.6 Å². The molecule has 1 amide bonds. The van der Waals surface area contributed by atoms with Gasteiger partial charge in [0.05, 0.1) is 11.3 Å². The fraction of sp³-hybridized carbons (Fsp3) is 0.118. The van der Waals surface area contributed by atoms with E-state index in [0.29, 0.717) is 22.4 Å². The zero-order valence-corrected chi connectivity index (χ0v) is 12.2. The van der Waals surface area contributed by atoms with Crippen molar-refractivity contribution in [3.05, 3.63) is 59.2 Å². The molecule has 0 fully saturated rings. The number of hydrogen-bond acceptors (Lipinski definition) is 2. The Morgan fingerprint density at radius 2 is 1.74 bits per heavy atom. The Labute approximate surface area is 130 Å². The molecule has 23 heavy (non-hydrogen) atoms. The number of carbonyl (C=O) groups excluding carboxylic acids is 1. The highest BCUT2D eigenvalue weighted by Crippen LogP contribution is 2.38. The van der Waals surface area contributed by atoms with Crippen LogP contribution in [0.2, 0.25) is 0 Å². The molecule has 118 valence electrons. The molecule has 0 saturated heterocycles. The lowest BCUT2D eigenvalue weighted by Crippen LogP contribution is -2.20. The number of rotatable bonds is 1. The lowest BCUT2D eigenvalue weighted by atomic mass is 10.0. The van der Waals surface area contributed by atoms with Crippen LogP contribution >= 0.6 is 0 Å². The van der Waals surface area contributed by atoms with E-state index in [1.165, 1.54) is 17.0 Å². The summed E-state index contributed by atoms with van der Waals surface area (Å²) in [6, 6.07) is 9.80. The van der Waals surface area contributed by atoms with Crippen LogP contribution in [-0.2, 0) is 11.0 Å². The number of fused-ring (bicyclic) bond motifs is 1. The first-order chi connectivity index (χ1) is 10.8. The minimum absolute atomic E-state index is 0.217. The molecule has 0 spiro atoms. The van der Waals surface area contributed by atoms with Gasteiger partial charge in [0.2, 0.25) is 0 Å². The van der Waals surface area contributed by atoms with Crippen LogP contribution in [-0.4, -0.2) is 13.0 Å². The van der Waals surface area contributed by atoms with E-state index in [0.717, 1.165) is 17.8 Å². The van der Waals surface area contributed by atoms with Gasteiger partial charge in [-0.3, -0.25) is 4.79 Å². The average molecular weight is 318 g/mol. The Hall–Kier alpha value is -2.76. The maximum Gasteiger partial charge on any atom is 0.416 e. The number of nitrogens with zero attached hydrogens (tertiary/aromatic N) is 1. The number of hydrogen-bond donors (Lipinski definition) is 1. The summed E-state index contributed by atoms with van der Waals surface area (Å²) >= 11 is 0. The first-order valence-corrected chi connectivity index (χ1v) is 6.84. The fourth-order valence-corrected chi connectivity index (χ4v) is 2.54. The number of benzene rings is 2. The Morgan fingerprint density at radius 3 is 2.35 bits per heavy atom. The SMILES string of the molecule is CN1C(=O)C(=Cc2ccc(C(F)(F)F)cc2)c2cc(N)ccc21. The molecule has 2 aromatic rings. The summed E-state index contributed by atoms with van der Waals surface area (Å²) in [5.74, 6) is -0.217. The van der Waals surface area contributed by atoms with E-state index in [2.05, 4.69) is 0 Å². The second-order valence-electron chi connectivity index (χ2n) is 5.32. The number of anilines is 2. The maximum absolute atomic E-state index is 12.6. The van der Waals surface area contributed by atoms with Gasteiger partial charge in [-0.05, 0) is 42.0 Å². The van der Waals surface area contributed by atoms with Crippen molar-refractivity contribution in [1.29, 1.82) is 0 Å². The van der Waals surface area contributed by atoms with Gasteiger partial charge in [-0.2, -0.15) is 13.2 Å². The molecule has 0 aromatic heterocycles. The van der Waals surface area contributed by atoms with Gasteiger partial charge in [-0.25, -0.2) is 0 Å². The Kier molecular flexibility index (Phi) is 3.39. The van der Waals surface area contributed by atoms with Gasteiger partial charge in [0, 0.05) is 23.9 Å². The summed E-state index contributed by atoms with van der Waals surface area (Å²) in [6.07, 6.45) is -2.81. The molecule has 0 unspecified atom stereocenters. The van der Waals surface area contributed by atoms with Gasteiger partial charge in [0.25, 0.3) is 5.91 Å². The summed E-state index contributed by atoms with van der Waals surface area (Å²) in [6.45, 7) is 0. The summed E-state index contributed by atoms with van der Waals surface area (Å²) < 4.78 is 37.8. The van der Waals surface area contributed by atoms with E-state index in [1.54, 1.807) is 31.3 Å². The minimum atomic E-state index is -4.38. The molecule has 0 atom stereocenters. The molecule has 0 radical (unpaired) electrons. The molecule has 1 heterocycles. The highest BCUT2D eigenvalue weighted by Gasteiger charge is 2.31. The monoisotopic (exact) mass is 318 g/mol. The molecule has 2 aromatic carbocycles. The van der Waals surface area contributed by atoms with E-state index in [-0.39, 0.29) is 5.91 Å². The summed E-state index contributed by atoms with van der Waals surface area (Å²) in [5, 5.41) is 0. The molecule has 3 rings (SSSR count). The van der Waals surface area contributed by atoms with Gasteiger partial charge >= 0.3 is 6.18 Å². The van der Waals surface area contributed by atoms with Crippen LogP contribution in [0.5, 0.6) is 0 Å². The number of nitrogens with two attached hydrogens (primary N) is 1. The highest BCUT2D eigenvalue weighted by molar-refractivity contribution is 6.35. The fourth-order valence-electron chi connectivity index (χ4n) is 2.54. The van der Waals surface area contributed by atoms with Crippen molar-refractivity contribution in [3.63, 3.8) is 0 Å². The molecular formula is C17H13F3N2O. The van der Waals surface area contributed by atoms with Gasteiger partial charge < -0.3 is 10.6 Å². The number of carbonyl (C=O) groups is 1. The number of likely N-dealkylation sites (N-methyl/N-ethyl adjacent to an activating group) is 1. The molecule has 0 aliphatic carbocycles. The van der Waals surface area contributed by atoms with Crippen molar-refractivity contribution in [2.45, 2.75) is 6.18 Å². The van der Waals surface area contributed by atoms with Gasteiger partial charge in [-0.1, -0.05) is 12.1 Å². The van der Waals surface area contributed by atoms with E-state index in [4.69, 9.17) is 5.73 Å². The van der Waals surface area contributed by atoms with Gasteiger partial charge in [0.1, 0.15) is 0 Å². The molecule has 2 N–H and O–H groups in total. The Bertz CT molecular complexity index is 808. The van der Waals surface area contributed by atoms with Crippen LogP contribution in [0.4, 0.5) is 24.5 Å². The normalized spacial score (nSPS) is 16.1. The number of halogens is 3. The molecule has 3 nitrogen and oxygen atoms in total. The van der Waals surface area contributed by atoms with Crippen molar-refractivity contribution < 1.29 is 18.0 Å². The zero-order valence-electron chi connectivity index (χ0n) is 12.2. The van der Waals surface area contributed by atoms with Crippen molar-refractivity contribution >= 4 is 28.9 Å². The molecule has 1 aliphatic rings. The molecule has 0 saturated carbocycles. The van der Waals surface area contributed by atoms with E-state index in [1.807, 2.05) is 0 Å². The largest absolute Gasteiger partial charge is 0.416 e. The summed E-state index contributed by atoms with van der Waals surface area (Å²) in [5.41, 5.74) is 7.89. The molecule has 6 heteroatoms. The van der Waals surface area contributed by atoms with E-state index < -0.39 is 11.7 Å². The second-order valence-corrected chi connectivity index (χ2v) is 5.32. The Morgan fingerprint density at radius 1 is 1.09 bits per heavy atom. The van der Waals surface area contributed by atoms with Crippen molar-refractivity contribution in [2.24, 2.45) is 0 Å². The quantitative estimate of drug-likeness (QED) is 0.642. The average Bonchev–Trinajstić information content (AvgIpc) is 2.72. The molecule has 1 aliphatic heterocycles. The van der Waals surface area contributed by atoms with Crippen LogP contribution in [0.25, 0.3) is 11.6 Å². The van der Waals surface area contributed by atoms with Crippen molar-refractivity contribution in [3.8, 4) is 0 Å². The van der Waals surface area contributed by atoms with Crippen molar-refractivity contribution in [2.75, 3.05) is 17.7 Å². The summed E-state index contributed by atoms with van der Waals surface area (Å²) in [7, 11) is 1.64. The van der Waals surface area contributed by atoms with Crippen LogP contribution in [0.15, 0.2) is 42.5 Å². The number of alkyl halides is 3.